The van der Waals surface area contributed by atoms with Crippen LogP contribution in [-0.2, 0) is 24.3 Å². The van der Waals surface area contributed by atoms with Crippen LogP contribution >= 0.6 is 0 Å². The molecule has 0 atom stereocenters. The summed E-state index contributed by atoms with van der Waals surface area (Å²) in [5.41, 5.74) is 0.640. The lowest BCUT2D eigenvalue weighted by atomic mass is 10.1. The molecule has 1 saturated heterocycles. The first kappa shape index (κ1) is 21.9. The van der Waals surface area contributed by atoms with Crippen molar-refractivity contribution in [1.82, 2.24) is 4.31 Å². The molecule has 166 valence electrons. The lowest BCUT2D eigenvalue weighted by Crippen LogP contribution is -2.40. The Morgan fingerprint density at radius 1 is 0.938 bits per heavy atom. The molecular weight excluding hydrogens is 432 g/mol. The number of sulfonamides is 1. The van der Waals surface area contributed by atoms with E-state index in [0.717, 1.165) is 10.8 Å². The maximum Gasteiger partial charge on any atom is 0.338 e. The van der Waals surface area contributed by atoms with Gasteiger partial charge >= 0.3 is 5.97 Å². The van der Waals surface area contributed by atoms with Crippen molar-refractivity contribution in [3.8, 4) is 0 Å². The third-order valence-electron chi connectivity index (χ3n) is 5.05. The van der Waals surface area contributed by atoms with E-state index < -0.39 is 28.5 Å². The van der Waals surface area contributed by atoms with E-state index in [4.69, 9.17) is 9.47 Å². The summed E-state index contributed by atoms with van der Waals surface area (Å²) in [4.78, 5) is 24.6. The van der Waals surface area contributed by atoms with E-state index in [0.29, 0.717) is 24.5 Å². The lowest BCUT2D eigenvalue weighted by molar-refractivity contribution is -0.119. The van der Waals surface area contributed by atoms with E-state index in [1.165, 1.54) is 16.4 Å². The first-order chi connectivity index (χ1) is 15.4. The highest BCUT2D eigenvalue weighted by Crippen LogP contribution is 2.21. The van der Waals surface area contributed by atoms with Crippen LogP contribution in [0.2, 0.25) is 0 Å². The van der Waals surface area contributed by atoms with Crippen LogP contribution in [-0.4, -0.2) is 57.5 Å². The molecule has 0 radical (unpaired) electrons. The normalized spacial score (nSPS) is 14.8. The van der Waals surface area contributed by atoms with Crippen LogP contribution in [0.5, 0.6) is 0 Å². The van der Waals surface area contributed by atoms with Gasteiger partial charge in [-0.3, -0.25) is 4.79 Å². The van der Waals surface area contributed by atoms with Gasteiger partial charge in [0.1, 0.15) is 0 Å². The van der Waals surface area contributed by atoms with E-state index in [-0.39, 0.29) is 18.0 Å². The summed E-state index contributed by atoms with van der Waals surface area (Å²) >= 11 is 0. The Bertz CT molecular complexity index is 1250. The monoisotopic (exact) mass is 454 g/mol. The van der Waals surface area contributed by atoms with Gasteiger partial charge in [0.25, 0.3) is 5.91 Å². The molecule has 1 N–H and O–H groups in total. The quantitative estimate of drug-likeness (QED) is 0.575. The SMILES string of the molecule is O=C(COC(=O)c1ccc2ccccc2c1)Nc1cccc(S(=O)(=O)N2CCOCC2)c1. The van der Waals surface area contributed by atoms with E-state index in [9.17, 15) is 18.0 Å². The smallest absolute Gasteiger partial charge is 0.338 e. The average molecular weight is 455 g/mol. The van der Waals surface area contributed by atoms with E-state index in [2.05, 4.69) is 5.32 Å². The van der Waals surface area contributed by atoms with Gasteiger partial charge in [-0.2, -0.15) is 4.31 Å². The number of morpholine rings is 1. The minimum Gasteiger partial charge on any atom is -0.452 e. The summed E-state index contributed by atoms with van der Waals surface area (Å²) in [5.74, 6) is -1.19. The maximum absolute atomic E-state index is 12.8. The minimum absolute atomic E-state index is 0.0744. The van der Waals surface area contributed by atoms with E-state index >= 15 is 0 Å². The number of amides is 1. The summed E-state index contributed by atoms with van der Waals surface area (Å²) in [6, 6.07) is 18.7. The van der Waals surface area contributed by atoms with Crippen molar-refractivity contribution in [1.29, 1.82) is 0 Å². The van der Waals surface area contributed by atoms with Crippen LogP contribution < -0.4 is 5.32 Å². The number of nitrogens with one attached hydrogen (secondary N) is 1. The van der Waals surface area contributed by atoms with Crippen molar-refractivity contribution in [2.45, 2.75) is 4.90 Å². The summed E-state index contributed by atoms with van der Waals surface area (Å²) in [5, 5.41) is 4.46. The Kier molecular flexibility index (Phi) is 6.50. The minimum atomic E-state index is -3.68. The van der Waals surface area contributed by atoms with Gasteiger partial charge in [0.2, 0.25) is 10.0 Å². The number of fused-ring (bicyclic) bond motifs is 1. The number of anilines is 1. The molecule has 3 aromatic rings. The summed E-state index contributed by atoms with van der Waals surface area (Å²) < 4.78 is 37.2. The number of carbonyl (C=O) groups is 2. The molecule has 0 unspecified atom stereocenters. The van der Waals surface area contributed by atoms with Gasteiger partial charge in [-0.05, 0) is 41.1 Å². The lowest BCUT2D eigenvalue weighted by Gasteiger charge is -2.26. The molecule has 1 aliphatic rings. The molecule has 0 bridgehead atoms. The fraction of sp³-hybridized carbons (Fsp3) is 0.217. The molecule has 4 rings (SSSR count). The van der Waals surface area contributed by atoms with Crippen LogP contribution in [0.15, 0.2) is 71.6 Å². The van der Waals surface area contributed by atoms with E-state index in [1.807, 2.05) is 30.3 Å². The molecule has 0 saturated carbocycles. The molecule has 9 heteroatoms. The molecule has 1 amide bonds. The number of rotatable bonds is 6. The van der Waals surface area contributed by atoms with Crippen molar-refractivity contribution in [2.75, 3.05) is 38.2 Å². The molecule has 1 fully saturated rings. The van der Waals surface area contributed by atoms with Gasteiger partial charge in [-0.25, -0.2) is 13.2 Å². The van der Waals surface area contributed by atoms with Crippen molar-refractivity contribution in [3.63, 3.8) is 0 Å². The Labute approximate surface area is 185 Å². The number of ether oxygens (including phenoxy) is 2. The molecular formula is C23H22N2O6S. The second kappa shape index (κ2) is 9.47. The van der Waals surface area contributed by atoms with Crippen molar-refractivity contribution in [3.05, 3.63) is 72.3 Å². The van der Waals surface area contributed by atoms with Gasteiger partial charge in [0.05, 0.1) is 23.7 Å². The highest BCUT2D eigenvalue weighted by Gasteiger charge is 2.26. The van der Waals surface area contributed by atoms with Gasteiger partial charge in [0, 0.05) is 18.8 Å². The third kappa shape index (κ3) is 4.96. The molecule has 1 aliphatic heterocycles. The predicted molar refractivity (Wildman–Crippen MR) is 119 cm³/mol. The van der Waals surface area contributed by atoms with Gasteiger partial charge in [-0.15, -0.1) is 0 Å². The zero-order chi connectivity index (χ0) is 22.6. The Morgan fingerprint density at radius 3 is 2.47 bits per heavy atom. The molecule has 32 heavy (non-hydrogen) atoms. The van der Waals surface area contributed by atoms with E-state index in [1.54, 1.807) is 24.3 Å². The number of carbonyl (C=O) groups excluding carboxylic acids is 2. The fourth-order valence-corrected chi connectivity index (χ4v) is 4.85. The zero-order valence-corrected chi connectivity index (χ0v) is 18.0. The fourth-order valence-electron chi connectivity index (χ4n) is 3.40. The highest BCUT2D eigenvalue weighted by molar-refractivity contribution is 7.89. The molecule has 8 nitrogen and oxygen atoms in total. The molecule has 0 spiro atoms. The van der Waals surface area contributed by atoms with Crippen LogP contribution in [0.3, 0.4) is 0 Å². The van der Waals surface area contributed by atoms with Crippen LogP contribution in [0.1, 0.15) is 10.4 Å². The van der Waals surface area contributed by atoms with Crippen LogP contribution in [0, 0.1) is 0 Å². The third-order valence-corrected chi connectivity index (χ3v) is 6.94. The van der Waals surface area contributed by atoms with Gasteiger partial charge in [-0.1, -0.05) is 36.4 Å². The molecule has 3 aromatic carbocycles. The number of nitrogens with zero attached hydrogens (tertiary/aromatic N) is 1. The summed E-state index contributed by atoms with van der Waals surface area (Å²) in [6.07, 6.45) is 0. The molecule has 0 aliphatic carbocycles. The van der Waals surface area contributed by atoms with Crippen molar-refractivity contribution in [2.24, 2.45) is 0 Å². The maximum atomic E-state index is 12.8. The van der Waals surface area contributed by atoms with Crippen molar-refractivity contribution >= 4 is 38.4 Å². The van der Waals surface area contributed by atoms with Crippen molar-refractivity contribution < 1.29 is 27.5 Å². The summed E-state index contributed by atoms with van der Waals surface area (Å²) in [6.45, 7) is 0.760. The van der Waals surface area contributed by atoms with Crippen LogP contribution in [0.25, 0.3) is 10.8 Å². The molecule has 0 aromatic heterocycles. The van der Waals surface area contributed by atoms with Gasteiger partial charge < -0.3 is 14.8 Å². The standard InChI is InChI=1S/C23H22N2O6S/c26-22(16-31-23(27)19-9-8-17-4-1-2-5-18(17)14-19)24-20-6-3-7-21(15-20)32(28,29)25-10-12-30-13-11-25/h1-9,14-15H,10-13,16H2,(H,24,26). The first-order valence-electron chi connectivity index (χ1n) is 10.1. The summed E-state index contributed by atoms with van der Waals surface area (Å²) in [7, 11) is -3.68. The zero-order valence-electron chi connectivity index (χ0n) is 17.2. The first-order valence-corrected chi connectivity index (χ1v) is 11.5. The molecule has 1 heterocycles. The number of esters is 1. The number of hydrogen-bond donors (Lipinski definition) is 1. The topological polar surface area (TPSA) is 102 Å². The Morgan fingerprint density at radius 2 is 1.69 bits per heavy atom. The Balaban J connectivity index is 1.37. The predicted octanol–water partition coefficient (Wildman–Crippen LogP) is 2.66. The number of hydrogen-bond acceptors (Lipinski definition) is 6. The Hall–Kier alpha value is -3.27. The number of benzene rings is 3. The van der Waals surface area contributed by atoms with Crippen LogP contribution in [0.4, 0.5) is 5.69 Å². The van der Waals surface area contributed by atoms with Gasteiger partial charge in [0.15, 0.2) is 6.61 Å². The average Bonchev–Trinajstić information content (AvgIpc) is 2.83. The largest absolute Gasteiger partial charge is 0.452 e. The second-order valence-electron chi connectivity index (χ2n) is 7.23. The highest BCUT2D eigenvalue weighted by atomic mass is 32.2. The second-order valence-corrected chi connectivity index (χ2v) is 9.17.